The van der Waals surface area contributed by atoms with Crippen LogP contribution in [0.1, 0.15) is 23.2 Å². The highest BCUT2D eigenvalue weighted by Crippen LogP contribution is 2.37. The minimum atomic E-state index is -2.68. The van der Waals surface area contributed by atoms with E-state index in [-0.39, 0.29) is 12.8 Å². The summed E-state index contributed by atoms with van der Waals surface area (Å²) >= 11 is 0. The lowest BCUT2D eigenvalue weighted by Gasteiger charge is -2.35. The highest BCUT2D eigenvalue weighted by atomic mass is 19.3. The summed E-state index contributed by atoms with van der Waals surface area (Å²) in [5.41, 5.74) is 3.37. The van der Waals surface area contributed by atoms with Crippen molar-refractivity contribution in [2.75, 3.05) is 12.4 Å². The maximum absolute atomic E-state index is 13.0. The quantitative estimate of drug-likeness (QED) is 0.492. The fraction of sp³-hybridized carbons (Fsp3) is 0.263. The number of pyridine rings is 1. The van der Waals surface area contributed by atoms with Crippen LogP contribution in [0.2, 0.25) is 0 Å². The lowest BCUT2D eigenvalue weighted by Crippen LogP contribution is -2.50. The number of alkyl halides is 2. The normalized spacial score (nSPS) is 16.1. The largest absolute Gasteiger partial charge is 0.357 e. The summed E-state index contributed by atoms with van der Waals surface area (Å²) in [4.78, 5) is 24.3. The van der Waals surface area contributed by atoms with Crippen molar-refractivity contribution < 1.29 is 13.6 Å². The predicted molar refractivity (Wildman–Crippen MR) is 103 cm³/mol. The number of hydrogen-bond acceptors (Lipinski definition) is 5. The fourth-order valence-corrected chi connectivity index (χ4v) is 3.62. The molecule has 1 aliphatic carbocycles. The monoisotopic (exact) mass is 397 g/mol. The number of hydrogen-bond donors (Lipinski definition) is 3. The minimum Gasteiger partial charge on any atom is -0.357 e. The van der Waals surface area contributed by atoms with Crippen molar-refractivity contribution in [3.05, 3.63) is 42.5 Å². The van der Waals surface area contributed by atoms with Gasteiger partial charge in [0.25, 0.3) is 11.8 Å². The average molecular weight is 397 g/mol. The Hall–Kier alpha value is -3.56. The van der Waals surface area contributed by atoms with Crippen LogP contribution in [0.15, 0.2) is 36.9 Å². The zero-order valence-corrected chi connectivity index (χ0v) is 15.4. The van der Waals surface area contributed by atoms with Gasteiger partial charge < -0.3 is 15.6 Å². The molecule has 4 aromatic rings. The number of nitrogens with zero attached hydrogens (tertiary/aromatic N) is 4. The van der Waals surface area contributed by atoms with Gasteiger partial charge in [0.05, 0.1) is 17.3 Å². The molecule has 0 spiro atoms. The molecule has 1 amide bonds. The van der Waals surface area contributed by atoms with E-state index in [9.17, 15) is 13.6 Å². The molecule has 10 heteroatoms. The minimum absolute atomic E-state index is 0.326. The van der Waals surface area contributed by atoms with Gasteiger partial charge in [0, 0.05) is 55.5 Å². The maximum atomic E-state index is 13.0. The Morgan fingerprint density at radius 2 is 2.17 bits per heavy atom. The number of aromatic nitrogens is 5. The second kappa shape index (κ2) is 6.23. The molecule has 5 rings (SSSR count). The third kappa shape index (κ3) is 2.96. The molecule has 1 saturated carbocycles. The van der Waals surface area contributed by atoms with Crippen molar-refractivity contribution in [3.8, 4) is 11.1 Å². The summed E-state index contributed by atoms with van der Waals surface area (Å²) in [5, 5.41) is 10.6. The summed E-state index contributed by atoms with van der Waals surface area (Å²) in [6.07, 6.45) is 6.10. The number of rotatable bonds is 4. The summed E-state index contributed by atoms with van der Waals surface area (Å²) in [7, 11) is 1.75. The van der Waals surface area contributed by atoms with E-state index in [1.165, 1.54) is 6.20 Å². The van der Waals surface area contributed by atoms with Crippen molar-refractivity contribution in [1.82, 2.24) is 29.9 Å². The Morgan fingerprint density at radius 3 is 2.93 bits per heavy atom. The Morgan fingerprint density at radius 1 is 1.34 bits per heavy atom. The highest BCUT2D eigenvalue weighted by molar-refractivity contribution is 6.02. The van der Waals surface area contributed by atoms with Crippen molar-refractivity contribution in [3.63, 3.8) is 0 Å². The number of fused-ring (bicyclic) bond motifs is 2. The predicted octanol–water partition coefficient (Wildman–Crippen LogP) is 2.84. The maximum Gasteiger partial charge on any atom is 0.255 e. The molecule has 0 radical (unpaired) electrons. The van der Waals surface area contributed by atoms with Crippen molar-refractivity contribution in [2.24, 2.45) is 0 Å². The Balaban J connectivity index is 1.49. The van der Waals surface area contributed by atoms with Crippen molar-refractivity contribution in [2.45, 2.75) is 24.8 Å². The summed E-state index contributed by atoms with van der Waals surface area (Å²) in [5.74, 6) is -2.58. The first-order valence-corrected chi connectivity index (χ1v) is 9.12. The number of aromatic amines is 1. The molecule has 0 saturated heterocycles. The summed E-state index contributed by atoms with van der Waals surface area (Å²) in [6.45, 7) is 0. The molecule has 3 N–H and O–H groups in total. The van der Waals surface area contributed by atoms with Crippen LogP contribution in [-0.2, 0) is 0 Å². The zero-order chi connectivity index (χ0) is 20.2. The van der Waals surface area contributed by atoms with E-state index >= 15 is 0 Å². The van der Waals surface area contributed by atoms with Crippen LogP contribution in [-0.4, -0.2) is 49.5 Å². The first-order valence-electron chi connectivity index (χ1n) is 9.12. The first kappa shape index (κ1) is 17.5. The topological polar surface area (TPSA) is 100 Å². The molecule has 4 heterocycles. The van der Waals surface area contributed by atoms with E-state index < -0.39 is 17.9 Å². The Kier molecular flexibility index (Phi) is 3.76. The van der Waals surface area contributed by atoms with Gasteiger partial charge in [0.15, 0.2) is 0 Å². The number of amides is 1. The Bertz CT molecular complexity index is 1240. The van der Waals surface area contributed by atoms with E-state index in [4.69, 9.17) is 0 Å². The second-order valence-corrected chi connectivity index (χ2v) is 7.15. The summed E-state index contributed by atoms with van der Waals surface area (Å²) < 4.78 is 27.7. The molecule has 0 aromatic carbocycles. The van der Waals surface area contributed by atoms with Crippen molar-refractivity contribution in [1.29, 1.82) is 0 Å². The fourth-order valence-electron chi connectivity index (χ4n) is 3.62. The van der Waals surface area contributed by atoms with Gasteiger partial charge in [-0.15, -0.1) is 0 Å². The van der Waals surface area contributed by atoms with Crippen LogP contribution in [0.3, 0.4) is 0 Å². The first-order chi connectivity index (χ1) is 13.9. The van der Waals surface area contributed by atoms with E-state index in [0.717, 1.165) is 16.5 Å². The zero-order valence-electron chi connectivity index (χ0n) is 15.4. The van der Waals surface area contributed by atoms with Gasteiger partial charge in [-0.1, -0.05) is 0 Å². The molecule has 4 aromatic heterocycles. The molecule has 0 unspecified atom stereocenters. The average Bonchev–Trinajstić information content (AvgIpc) is 3.29. The van der Waals surface area contributed by atoms with Crippen LogP contribution in [0.4, 0.5) is 14.7 Å². The SMILES string of the molecule is CNc1ncc2c(-c3ccn4ncc(C(=O)NC5CC(F)(F)C5)c4c3)c[nH]c2n1. The van der Waals surface area contributed by atoms with E-state index in [1.54, 1.807) is 24.0 Å². The lowest BCUT2D eigenvalue weighted by molar-refractivity contribution is -0.0901. The van der Waals surface area contributed by atoms with Gasteiger partial charge in [0.1, 0.15) is 5.65 Å². The van der Waals surface area contributed by atoms with E-state index in [2.05, 4.69) is 30.7 Å². The number of halogens is 2. The smallest absolute Gasteiger partial charge is 0.255 e. The van der Waals surface area contributed by atoms with Gasteiger partial charge in [-0.05, 0) is 17.7 Å². The molecule has 148 valence electrons. The number of nitrogens with one attached hydrogen (secondary N) is 3. The molecular formula is C19H17F2N7O. The molecular weight excluding hydrogens is 380 g/mol. The lowest BCUT2D eigenvalue weighted by atomic mass is 9.88. The molecule has 0 atom stereocenters. The van der Waals surface area contributed by atoms with Gasteiger partial charge in [-0.25, -0.2) is 18.3 Å². The van der Waals surface area contributed by atoms with Crippen molar-refractivity contribution >= 4 is 28.4 Å². The van der Waals surface area contributed by atoms with Crippen LogP contribution < -0.4 is 10.6 Å². The Labute approximate surface area is 163 Å². The van der Waals surface area contributed by atoms with Gasteiger partial charge in [-0.2, -0.15) is 10.1 Å². The molecule has 1 fully saturated rings. The second-order valence-electron chi connectivity index (χ2n) is 7.15. The third-order valence-electron chi connectivity index (χ3n) is 5.16. The molecule has 0 aliphatic heterocycles. The van der Waals surface area contributed by atoms with Gasteiger partial charge >= 0.3 is 0 Å². The standard InChI is InChI=1S/C19H17F2N7O/c1-22-18-24-8-13-12(7-23-16(13)27-18)10-2-3-28-15(4-10)14(9-25-28)17(29)26-11-5-19(20,21)6-11/h2-4,7-9,11H,5-6H2,1H3,(H,26,29)(H2,22,23,24,27). The number of carbonyl (C=O) groups is 1. The molecule has 1 aliphatic rings. The van der Waals surface area contributed by atoms with Gasteiger partial charge in [-0.3, -0.25) is 4.79 Å². The summed E-state index contributed by atoms with van der Waals surface area (Å²) in [6, 6.07) is 3.21. The number of carbonyl (C=O) groups excluding carboxylic acids is 1. The van der Waals surface area contributed by atoms with Crippen LogP contribution in [0, 0.1) is 0 Å². The van der Waals surface area contributed by atoms with Crippen LogP contribution in [0.5, 0.6) is 0 Å². The molecule has 8 nitrogen and oxygen atoms in total. The number of H-pyrrole nitrogens is 1. The van der Waals surface area contributed by atoms with E-state index in [1.807, 2.05) is 18.3 Å². The van der Waals surface area contributed by atoms with Crippen LogP contribution in [0.25, 0.3) is 27.7 Å². The third-order valence-corrected chi connectivity index (χ3v) is 5.16. The van der Waals surface area contributed by atoms with E-state index in [0.29, 0.717) is 22.7 Å². The highest BCUT2D eigenvalue weighted by Gasteiger charge is 2.46. The van der Waals surface area contributed by atoms with Crippen LogP contribution >= 0.6 is 0 Å². The van der Waals surface area contributed by atoms with Gasteiger partial charge in [0.2, 0.25) is 5.95 Å². The molecule has 29 heavy (non-hydrogen) atoms. The number of anilines is 1. The molecule has 0 bridgehead atoms.